The van der Waals surface area contributed by atoms with Gasteiger partial charge in [0.2, 0.25) is 0 Å². The molecule has 0 fully saturated rings. The summed E-state index contributed by atoms with van der Waals surface area (Å²) in [5, 5.41) is 7.77. The van der Waals surface area contributed by atoms with Crippen LogP contribution in [-0.2, 0) is 20.1 Å². The Hall–Kier alpha value is -2.66. The number of aryl methyl sites for hydroxylation is 1. The van der Waals surface area contributed by atoms with Crippen LogP contribution in [0.2, 0.25) is 0 Å². The van der Waals surface area contributed by atoms with E-state index in [0.717, 1.165) is 43.1 Å². The van der Waals surface area contributed by atoms with Gasteiger partial charge in [0.25, 0.3) is 0 Å². The Balaban J connectivity index is 1.59. The fraction of sp³-hybridized carbons (Fsp3) is 0.263. The van der Waals surface area contributed by atoms with Gasteiger partial charge < -0.3 is 5.32 Å². The van der Waals surface area contributed by atoms with Crippen molar-refractivity contribution in [2.45, 2.75) is 13.1 Å². The highest BCUT2D eigenvalue weighted by molar-refractivity contribution is 5.64. The van der Waals surface area contributed by atoms with Gasteiger partial charge in [-0.25, -0.2) is 0 Å². The Morgan fingerprint density at radius 3 is 2.83 bits per heavy atom. The number of benzene rings is 1. The van der Waals surface area contributed by atoms with Crippen LogP contribution in [0, 0.1) is 0 Å². The molecular formula is C19H21N5. The van der Waals surface area contributed by atoms with Crippen LogP contribution in [0.4, 0.5) is 5.69 Å². The van der Waals surface area contributed by atoms with Crippen molar-refractivity contribution in [3.8, 4) is 11.3 Å². The van der Waals surface area contributed by atoms with E-state index in [1.807, 2.05) is 30.2 Å². The molecule has 0 saturated heterocycles. The molecule has 0 spiro atoms. The van der Waals surface area contributed by atoms with Crippen molar-refractivity contribution in [2.75, 3.05) is 18.4 Å². The van der Waals surface area contributed by atoms with Crippen LogP contribution in [0.15, 0.2) is 55.0 Å². The standard InChI is InChI=1S/C19H21N5/c1-23-12-15(10-22-23)13-24-8-7-20-19-11-21-18(9-17(19)14-24)16-5-3-2-4-6-16/h2-6,9-12,20H,7-8,13-14H2,1H3. The zero-order chi connectivity index (χ0) is 16.4. The fourth-order valence-electron chi connectivity index (χ4n) is 3.17. The van der Waals surface area contributed by atoms with Gasteiger partial charge in [0.1, 0.15) is 0 Å². The van der Waals surface area contributed by atoms with E-state index in [4.69, 9.17) is 0 Å². The van der Waals surface area contributed by atoms with Crippen LogP contribution in [-0.4, -0.2) is 32.8 Å². The molecule has 0 atom stereocenters. The van der Waals surface area contributed by atoms with Gasteiger partial charge in [0.15, 0.2) is 0 Å². The van der Waals surface area contributed by atoms with E-state index in [9.17, 15) is 0 Å². The molecular weight excluding hydrogens is 298 g/mol. The first-order chi connectivity index (χ1) is 11.8. The molecule has 3 heterocycles. The monoisotopic (exact) mass is 319 g/mol. The van der Waals surface area contributed by atoms with Gasteiger partial charge in [-0.1, -0.05) is 30.3 Å². The summed E-state index contributed by atoms with van der Waals surface area (Å²) in [6.45, 7) is 3.77. The summed E-state index contributed by atoms with van der Waals surface area (Å²) < 4.78 is 1.86. The van der Waals surface area contributed by atoms with Gasteiger partial charge in [0.05, 0.1) is 23.8 Å². The van der Waals surface area contributed by atoms with Gasteiger partial charge in [-0.15, -0.1) is 0 Å². The first kappa shape index (κ1) is 14.9. The summed E-state index contributed by atoms with van der Waals surface area (Å²) in [6, 6.07) is 12.5. The molecule has 2 aromatic heterocycles. The number of pyridine rings is 1. The lowest BCUT2D eigenvalue weighted by Crippen LogP contribution is -2.25. The van der Waals surface area contributed by atoms with Crippen LogP contribution in [0.1, 0.15) is 11.1 Å². The molecule has 0 unspecified atom stereocenters. The highest BCUT2D eigenvalue weighted by atomic mass is 15.2. The molecule has 3 aromatic rings. The topological polar surface area (TPSA) is 46.0 Å². The maximum Gasteiger partial charge on any atom is 0.0706 e. The zero-order valence-electron chi connectivity index (χ0n) is 13.8. The number of fused-ring (bicyclic) bond motifs is 1. The summed E-state index contributed by atoms with van der Waals surface area (Å²) in [5.41, 5.74) is 5.87. The Labute approximate surface area is 142 Å². The van der Waals surface area contributed by atoms with Crippen molar-refractivity contribution < 1.29 is 0 Å². The molecule has 0 amide bonds. The van der Waals surface area contributed by atoms with Crippen molar-refractivity contribution in [1.82, 2.24) is 19.7 Å². The highest BCUT2D eigenvalue weighted by Gasteiger charge is 2.16. The molecule has 0 saturated carbocycles. The third kappa shape index (κ3) is 3.16. The minimum absolute atomic E-state index is 0.915. The van der Waals surface area contributed by atoms with E-state index in [1.54, 1.807) is 0 Å². The maximum absolute atomic E-state index is 4.62. The molecule has 5 heteroatoms. The number of hydrogen-bond donors (Lipinski definition) is 1. The Bertz CT molecular complexity index is 825. The van der Waals surface area contributed by atoms with Gasteiger partial charge in [-0.2, -0.15) is 5.10 Å². The van der Waals surface area contributed by atoms with Crippen molar-refractivity contribution in [3.05, 3.63) is 66.1 Å². The summed E-state index contributed by atoms with van der Waals surface area (Å²) >= 11 is 0. The van der Waals surface area contributed by atoms with Gasteiger partial charge in [0, 0.05) is 50.6 Å². The number of rotatable bonds is 3. The second kappa shape index (κ2) is 6.45. The summed E-state index contributed by atoms with van der Waals surface area (Å²) in [7, 11) is 1.96. The van der Waals surface area contributed by atoms with Crippen LogP contribution in [0.5, 0.6) is 0 Å². The first-order valence-corrected chi connectivity index (χ1v) is 8.26. The molecule has 4 rings (SSSR count). The van der Waals surface area contributed by atoms with Gasteiger partial charge in [-0.05, 0) is 11.6 Å². The predicted molar refractivity (Wildman–Crippen MR) is 95.5 cm³/mol. The second-order valence-electron chi connectivity index (χ2n) is 6.25. The fourth-order valence-corrected chi connectivity index (χ4v) is 3.17. The highest BCUT2D eigenvalue weighted by Crippen LogP contribution is 2.25. The Kier molecular flexibility index (Phi) is 4.01. The second-order valence-corrected chi connectivity index (χ2v) is 6.25. The van der Waals surface area contributed by atoms with E-state index in [2.05, 4.69) is 56.8 Å². The van der Waals surface area contributed by atoms with E-state index >= 15 is 0 Å². The molecule has 24 heavy (non-hydrogen) atoms. The number of hydrogen-bond acceptors (Lipinski definition) is 4. The van der Waals surface area contributed by atoms with Crippen LogP contribution in [0.3, 0.4) is 0 Å². The molecule has 5 nitrogen and oxygen atoms in total. The summed E-state index contributed by atoms with van der Waals surface area (Å²) in [5.74, 6) is 0. The number of anilines is 1. The number of aromatic nitrogens is 3. The van der Waals surface area contributed by atoms with Crippen LogP contribution in [0.25, 0.3) is 11.3 Å². The SMILES string of the molecule is Cn1cc(CN2CCNc3cnc(-c4ccccc4)cc3C2)cn1. The Morgan fingerprint density at radius 1 is 1.17 bits per heavy atom. The van der Waals surface area contributed by atoms with Crippen LogP contribution >= 0.6 is 0 Å². The van der Waals surface area contributed by atoms with Crippen molar-refractivity contribution in [2.24, 2.45) is 7.05 Å². The van der Waals surface area contributed by atoms with Gasteiger partial charge in [-0.3, -0.25) is 14.6 Å². The van der Waals surface area contributed by atoms with E-state index < -0.39 is 0 Å². The van der Waals surface area contributed by atoms with Crippen molar-refractivity contribution >= 4 is 5.69 Å². The lowest BCUT2D eigenvalue weighted by Gasteiger charge is -2.19. The summed E-state index contributed by atoms with van der Waals surface area (Å²) in [6.07, 6.45) is 5.99. The molecule has 1 aliphatic heterocycles. The average molecular weight is 319 g/mol. The molecule has 1 N–H and O–H groups in total. The van der Waals surface area contributed by atoms with Crippen molar-refractivity contribution in [3.63, 3.8) is 0 Å². The minimum atomic E-state index is 0.915. The predicted octanol–water partition coefficient (Wildman–Crippen LogP) is 2.91. The third-order valence-corrected chi connectivity index (χ3v) is 4.36. The van der Waals surface area contributed by atoms with Crippen molar-refractivity contribution in [1.29, 1.82) is 0 Å². The maximum atomic E-state index is 4.62. The molecule has 0 aliphatic carbocycles. The first-order valence-electron chi connectivity index (χ1n) is 8.26. The Morgan fingerprint density at radius 2 is 2.04 bits per heavy atom. The molecule has 0 bridgehead atoms. The normalized spacial score (nSPS) is 14.7. The lowest BCUT2D eigenvalue weighted by atomic mass is 10.1. The largest absolute Gasteiger partial charge is 0.382 e. The van der Waals surface area contributed by atoms with Crippen LogP contribution < -0.4 is 5.32 Å². The number of nitrogens with zero attached hydrogens (tertiary/aromatic N) is 4. The smallest absolute Gasteiger partial charge is 0.0706 e. The van der Waals surface area contributed by atoms with E-state index in [-0.39, 0.29) is 0 Å². The zero-order valence-corrected chi connectivity index (χ0v) is 13.8. The quantitative estimate of drug-likeness (QED) is 0.806. The van der Waals surface area contributed by atoms with Gasteiger partial charge >= 0.3 is 0 Å². The van der Waals surface area contributed by atoms with E-state index in [1.165, 1.54) is 11.1 Å². The average Bonchev–Trinajstić information content (AvgIpc) is 2.90. The lowest BCUT2D eigenvalue weighted by molar-refractivity contribution is 0.272. The molecule has 122 valence electrons. The molecule has 0 radical (unpaired) electrons. The summed E-state index contributed by atoms with van der Waals surface area (Å²) in [4.78, 5) is 7.07. The molecule has 1 aliphatic rings. The molecule has 1 aromatic carbocycles. The third-order valence-electron chi connectivity index (χ3n) is 4.36. The number of nitrogens with one attached hydrogen (secondary N) is 1. The minimum Gasteiger partial charge on any atom is -0.382 e. The van der Waals surface area contributed by atoms with E-state index in [0.29, 0.717) is 0 Å².